The summed E-state index contributed by atoms with van der Waals surface area (Å²) in [4.78, 5) is 27.2. The molecule has 0 saturated carbocycles. The Morgan fingerprint density at radius 1 is 1.07 bits per heavy atom. The summed E-state index contributed by atoms with van der Waals surface area (Å²) in [5.74, 6) is -6.41. The number of nitrogens with zero attached hydrogens (tertiary/aromatic N) is 4. The van der Waals surface area contributed by atoms with Crippen molar-refractivity contribution in [1.29, 1.82) is 0 Å². The Kier molecular flexibility index (Phi) is 8.68. The number of amides is 1. The van der Waals surface area contributed by atoms with Crippen LogP contribution in [0.1, 0.15) is 35.2 Å². The molecule has 0 fully saturated rings. The number of halogens is 7. The molecule has 0 saturated heterocycles. The molecule has 0 unspecified atom stereocenters. The molecular formula is C25H22ClF6N5O3. The van der Waals surface area contributed by atoms with Crippen LogP contribution in [0, 0.1) is 17.5 Å². The largest absolute Gasteiger partial charge is 0.468 e. The van der Waals surface area contributed by atoms with Crippen molar-refractivity contribution < 1.29 is 40.7 Å². The molecule has 0 spiro atoms. The van der Waals surface area contributed by atoms with Crippen LogP contribution >= 0.6 is 11.6 Å². The number of carbonyl (C=O) groups is 2. The van der Waals surface area contributed by atoms with E-state index >= 15 is 0 Å². The lowest BCUT2D eigenvalue weighted by Crippen LogP contribution is -2.45. The van der Waals surface area contributed by atoms with E-state index in [-0.39, 0.29) is 48.0 Å². The minimum Gasteiger partial charge on any atom is -0.468 e. The maximum Gasteiger partial charge on any atom is 0.451 e. The van der Waals surface area contributed by atoms with Crippen molar-refractivity contribution in [1.82, 2.24) is 25.0 Å². The molecule has 1 N–H and O–H groups in total. The maximum absolute atomic E-state index is 14.5. The van der Waals surface area contributed by atoms with Gasteiger partial charge in [0.1, 0.15) is 11.9 Å². The number of methoxy groups -OCH3 is 1. The average molecular weight is 590 g/mol. The van der Waals surface area contributed by atoms with Gasteiger partial charge in [0.2, 0.25) is 11.7 Å². The molecule has 0 bridgehead atoms. The first-order valence-electron chi connectivity index (χ1n) is 11.9. The Balaban J connectivity index is 1.61. The zero-order valence-corrected chi connectivity index (χ0v) is 21.6. The molecule has 1 aromatic heterocycles. The molecule has 1 aliphatic heterocycles. The van der Waals surface area contributed by atoms with Crippen LogP contribution in [0.3, 0.4) is 0 Å². The van der Waals surface area contributed by atoms with Crippen LogP contribution in [-0.2, 0) is 40.0 Å². The van der Waals surface area contributed by atoms with Crippen molar-refractivity contribution >= 4 is 23.5 Å². The zero-order chi connectivity index (χ0) is 29.2. The van der Waals surface area contributed by atoms with Crippen LogP contribution in [-0.4, -0.2) is 51.2 Å². The number of hydrogen-bond acceptors (Lipinski definition) is 6. The molecule has 4 rings (SSSR count). The number of carbonyl (C=O) groups excluding carboxylic acids is 2. The van der Waals surface area contributed by atoms with Crippen molar-refractivity contribution in [3.05, 3.63) is 81.6 Å². The molecule has 2 aromatic carbocycles. The average Bonchev–Trinajstić information content (AvgIpc) is 3.34. The van der Waals surface area contributed by atoms with Crippen LogP contribution in [0.4, 0.5) is 26.3 Å². The minimum atomic E-state index is -4.72. The Hall–Kier alpha value is -3.65. The smallest absolute Gasteiger partial charge is 0.451 e. The van der Waals surface area contributed by atoms with Crippen LogP contribution in [0.25, 0.3) is 0 Å². The first kappa shape index (κ1) is 29.3. The highest BCUT2D eigenvalue weighted by atomic mass is 35.5. The highest BCUT2D eigenvalue weighted by Gasteiger charge is 2.40. The number of hydrogen-bond donors (Lipinski definition) is 1. The molecule has 15 heteroatoms. The van der Waals surface area contributed by atoms with E-state index in [1.807, 2.05) is 0 Å². The van der Waals surface area contributed by atoms with Crippen molar-refractivity contribution in [2.24, 2.45) is 0 Å². The number of alkyl halides is 3. The van der Waals surface area contributed by atoms with Gasteiger partial charge in [0.05, 0.1) is 13.7 Å². The van der Waals surface area contributed by atoms with Gasteiger partial charge in [-0.2, -0.15) is 13.2 Å². The molecule has 214 valence electrons. The molecule has 8 nitrogen and oxygen atoms in total. The van der Waals surface area contributed by atoms with Gasteiger partial charge in [0.15, 0.2) is 17.5 Å². The van der Waals surface area contributed by atoms with Gasteiger partial charge in [0.25, 0.3) is 0 Å². The number of rotatable bonds is 8. The topological polar surface area (TPSA) is 89.4 Å². The number of fused-ring (bicyclic) bond motifs is 1. The maximum atomic E-state index is 14.5. The third-order valence-corrected chi connectivity index (χ3v) is 6.74. The second kappa shape index (κ2) is 11.8. The van der Waals surface area contributed by atoms with E-state index < -0.39 is 59.8 Å². The van der Waals surface area contributed by atoms with E-state index in [1.54, 1.807) is 12.1 Å². The van der Waals surface area contributed by atoms with E-state index in [0.717, 1.165) is 11.7 Å². The number of ether oxygens (including phenoxy) is 1. The predicted octanol–water partition coefficient (Wildman–Crippen LogP) is 4.22. The summed E-state index contributed by atoms with van der Waals surface area (Å²) in [6.07, 6.45) is -5.49. The summed E-state index contributed by atoms with van der Waals surface area (Å²) < 4.78 is 87.3. The second-order valence-electron chi connectivity index (χ2n) is 9.01. The second-order valence-corrected chi connectivity index (χ2v) is 9.42. The van der Waals surface area contributed by atoms with Crippen molar-refractivity contribution in [3.63, 3.8) is 0 Å². The molecular weight excluding hydrogens is 568 g/mol. The van der Waals surface area contributed by atoms with Gasteiger partial charge in [0, 0.05) is 36.6 Å². The van der Waals surface area contributed by atoms with Crippen LogP contribution in [0.2, 0.25) is 5.02 Å². The fourth-order valence-corrected chi connectivity index (χ4v) is 4.69. The third-order valence-electron chi connectivity index (χ3n) is 6.39. The Labute approximate surface area is 228 Å². The Morgan fingerprint density at radius 2 is 1.77 bits per heavy atom. The SMILES string of the molecule is COC(=O)[C@@H](N[C@@H](CC(=O)N1CCn2c(nnc2C(F)(F)F)C1)Cc1cc(F)c(F)cc1F)c1ccccc1Cl. The van der Waals surface area contributed by atoms with Gasteiger partial charge in [-0.3, -0.25) is 10.1 Å². The monoisotopic (exact) mass is 589 g/mol. The van der Waals surface area contributed by atoms with Crippen molar-refractivity contribution in [2.75, 3.05) is 13.7 Å². The highest BCUT2D eigenvalue weighted by Crippen LogP contribution is 2.30. The van der Waals surface area contributed by atoms with Crippen LogP contribution in [0.5, 0.6) is 0 Å². The number of aromatic nitrogens is 3. The summed E-state index contributed by atoms with van der Waals surface area (Å²) in [6.45, 7) is -0.605. The standard InChI is InChI=1S/C25H22ClF6N5O3/c1-40-23(39)22(15-4-2-3-5-16(15)26)33-14(8-13-9-18(28)19(29)11-17(13)27)10-21(38)36-6-7-37-20(12-36)34-35-24(37)25(30,31)32/h2-5,9,11,14,22,33H,6-8,10,12H2,1H3/t14-,22+/m1/s1. The minimum absolute atomic E-state index is 0.0772. The van der Waals surface area contributed by atoms with Crippen LogP contribution < -0.4 is 5.32 Å². The predicted molar refractivity (Wildman–Crippen MR) is 128 cm³/mol. The van der Waals surface area contributed by atoms with Gasteiger partial charge in [-0.15, -0.1) is 10.2 Å². The number of nitrogens with one attached hydrogen (secondary N) is 1. The quantitative estimate of drug-likeness (QED) is 0.241. The van der Waals surface area contributed by atoms with Gasteiger partial charge >= 0.3 is 12.1 Å². The van der Waals surface area contributed by atoms with Crippen LogP contribution in [0.15, 0.2) is 36.4 Å². The lowest BCUT2D eigenvalue weighted by atomic mass is 9.98. The summed E-state index contributed by atoms with van der Waals surface area (Å²) in [6, 6.07) is 5.00. The fourth-order valence-electron chi connectivity index (χ4n) is 4.44. The zero-order valence-electron chi connectivity index (χ0n) is 20.8. The summed E-state index contributed by atoms with van der Waals surface area (Å²) in [5.41, 5.74) is 0.00478. The van der Waals surface area contributed by atoms with Gasteiger partial charge in [-0.05, 0) is 29.7 Å². The van der Waals surface area contributed by atoms with E-state index in [1.165, 1.54) is 17.0 Å². The van der Waals surface area contributed by atoms with E-state index in [2.05, 4.69) is 15.5 Å². The lowest BCUT2D eigenvalue weighted by molar-refractivity contribution is -0.148. The third kappa shape index (κ3) is 6.39. The fraction of sp³-hybridized carbons (Fsp3) is 0.360. The van der Waals surface area contributed by atoms with E-state index in [0.29, 0.717) is 12.1 Å². The number of benzene rings is 2. The highest BCUT2D eigenvalue weighted by molar-refractivity contribution is 6.31. The normalized spacial score (nSPS) is 14.9. The van der Waals surface area contributed by atoms with E-state index in [4.69, 9.17) is 16.3 Å². The van der Waals surface area contributed by atoms with E-state index in [9.17, 15) is 35.9 Å². The lowest BCUT2D eigenvalue weighted by Gasteiger charge is -2.31. The number of esters is 1. The van der Waals surface area contributed by atoms with Gasteiger partial charge < -0.3 is 14.2 Å². The first-order chi connectivity index (χ1) is 18.9. The van der Waals surface area contributed by atoms with Gasteiger partial charge in [-0.25, -0.2) is 18.0 Å². The summed E-state index contributed by atoms with van der Waals surface area (Å²) in [5, 5.41) is 9.82. The molecule has 2 heterocycles. The Morgan fingerprint density at radius 3 is 2.45 bits per heavy atom. The molecule has 0 radical (unpaired) electrons. The summed E-state index contributed by atoms with van der Waals surface area (Å²) >= 11 is 6.27. The van der Waals surface area contributed by atoms with Gasteiger partial charge in [-0.1, -0.05) is 29.8 Å². The van der Waals surface area contributed by atoms with Crippen molar-refractivity contribution in [2.45, 2.75) is 44.2 Å². The molecule has 2 atom stereocenters. The molecule has 3 aromatic rings. The molecule has 40 heavy (non-hydrogen) atoms. The summed E-state index contributed by atoms with van der Waals surface area (Å²) in [7, 11) is 1.13. The molecule has 0 aliphatic carbocycles. The van der Waals surface area contributed by atoms with Crippen molar-refractivity contribution in [3.8, 4) is 0 Å². The molecule has 1 aliphatic rings. The Bertz CT molecular complexity index is 1420. The first-order valence-corrected chi connectivity index (χ1v) is 12.3. The molecule has 1 amide bonds.